The summed E-state index contributed by atoms with van der Waals surface area (Å²) in [5.74, 6) is 1.65. The number of anilines is 1. The SMILES string of the molecule is O=C(Cc1ccc2c(c1)CCCO2)Nc1ccccc1OCCN1CCCC1. The van der Waals surface area contributed by atoms with Crippen molar-refractivity contribution in [2.75, 3.05) is 38.2 Å². The van der Waals surface area contributed by atoms with Gasteiger partial charge in [-0.1, -0.05) is 24.3 Å². The van der Waals surface area contributed by atoms with E-state index in [0.717, 1.165) is 61.8 Å². The maximum atomic E-state index is 12.6. The summed E-state index contributed by atoms with van der Waals surface area (Å²) in [5, 5.41) is 3.01. The van der Waals surface area contributed by atoms with E-state index in [-0.39, 0.29) is 5.91 Å². The molecule has 2 heterocycles. The van der Waals surface area contributed by atoms with Crippen LogP contribution in [0.4, 0.5) is 5.69 Å². The first-order chi connectivity index (χ1) is 13.8. The van der Waals surface area contributed by atoms with Crippen LogP contribution in [0, 0.1) is 0 Å². The number of nitrogens with zero attached hydrogens (tertiary/aromatic N) is 1. The third-order valence-corrected chi connectivity index (χ3v) is 5.36. The normalized spacial score (nSPS) is 16.3. The van der Waals surface area contributed by atoms with Gasteiger partial charge in [-0.2, -0.15) is 0 Å². The van der Waals surface area contributed by atoms with Gasteiger partial charge in [0.25, 0.3) is 0 Å². The number of ether oxygens (including phenoxy) is 2. The molecule has 148 valence electrons. The minimum atomic E-state index is -0.0349. The van der Waals surface area contributed by atoms with Crippen LogP contribution in [0.25, 0.3) is 0 Å². The Morgan fingerprint density at radius 2 is 1.96 bits per heavy atom. The lowest BCUT2D eigenvalue weighted by atomic mass is 10.0. The molecule has 0 aromatic heterocycles. The van der Waals surface area contributed by atoms with Gasteiger partial charge in [0.05, 0.1) is 18.7 Å². The number of hydrogen-bond donors (Lipinski definition) is 1. The van der Waals surface area contributed by atoms with E-state index in [4.69, 9.17) is 9.47 Å². The zero-order valence-electron chi connectivity index (χ0n) is 16.3. The molecule has 2 aromatic rings. The van der Waals surface area contributed by atoms with Crippen molar-refractivity contribution in [3.63, 3.8) is 0 Å². The highest BCUT2D eigenvalue weighted by atomic mass is 16.5. The minimum Gasteiger partial charge on any atom is -0.493 e. The van der Waals surface area contributed by atoms with Crippen molar-refractivity contribution in [1.82, 2.24) is 4.90 Å². The zero-order valence-corrected chi connectivity index (χ0v) is 16.3. The smallest absolute Gasteiger partial charge is 0.228 e. The number of rotatable bonds is 7. The van der Waals surface area contributed by atoms with Gasteiger partial charge in [0.15, 0.2) is 0 Å². The van der Waals surface area contributed by atoms with Crippen LogP contribution in [0.15, 0.2) is 42.5 Å². The van der Waals surface area contributed by atoms with E-state index in [1.807, 2.05) is 36.4 Å². The van der Waals surface area contributed by atoms with Crippen LogP contribution >= 0.6 is 0 Å². The van der Waals surface area contributed by atoms with Crippen LogP contribution in [-0.4, -0.2) is 43.7 Å². The Morgan fingerprint density at radius 1 is 1.11 bits per heavy atom. The second kappa shape index (κ2) is 9.11. The zero-order chi connectivity index (χ0) is 19.2. The lowest BCUT2D eigenvalue weighted by Crippen LogP contribution is -2.25. The molecule has 2 aliphatic heterocycles. The summed E-state index contributed by atoms with van der Waals surface area (Å²) in [7, 11) is 0. The van der Waals surface area contributed by atoms with E-state index in [0.29, 0.717) is 13.0 Å². The van der Waals surface area contributed by atoms with Gasteiger partial charge >= 0.3 is 0 Å². The first-order valence-corrected chi connectivity index (χ1v) is 10.3. The fourth-order valence-electron chi connectivity index (χ4n) is 3.89. The molecule has 0 radical (unpaired) electrons. The number of carbonyl (C=O) groups is 1. The summed E-state index contributed by atoms with van der Waals surface area (Å²) in [6.45, 7) is 4.67. The Kier molecular flexibility index (Phi) is 6.12. The predicted molar refractivity (Wildman–Crippen MR) is 110 cm³/mol. The van der Waals surface area contributed by atoms with Crippen molar-refractivity contribution in [2.24, 2.45) is 0 Å². The van der Waals surface area contributed by atoms with Crippen molar-refractivity contribution in [3.8, 4) is 11.5 Å². The van der Waals surface area contributed by atoms with E-state index in [9.17, 15) is 4.79 Å². The van der Waals surface area contributed by atoms with Gasteiger partial charge in [0, 0.05) is 6.54 Å². The van der Waals surface area contributed by atoms with E-state index >= 15 is 0 Å². The topological polar surface area (TPSA) is 50.8 Å². The Balaban J connectivity index is 1.33. The third kappa shape index (κ3) is 4.84. The van der Waals surface area contributed by atoms with Crippen LogP contribution < -0.4 is 14.8 Å². The first kappa shape index (κ1) is 18.8. The van der Waals surface area contributed by atoms with Crippen molar-refractivity contribution in [1.29, 1.82) is 0 Å². The number of benzene rings is 2. The molecule has 2 aliphatic rings. The fraction of sp³-hybridized carbons (Fsp3) is 0.435. The Morgan fingerprint density at radius 3 is 2.86 bits per heavy atom. The molecule has 4 rings (SSSR count). The largest absolute Gasteiger partial charge is 0.493 e. The van der Waals surface area contributed by atoms with Crippen LogP contribution in [-0.2, 0) is 17.6 Å². The molecule has 5 nitrogen and oxygen atoms in total. The summed E-state index contributed by atoms with van der Waals surface area (Å²) in [4.78, 5) is 15.0. The number of carbonyl (C=O) groups excluding carboxylic acids is 1. The molecule has 5 heteroatoms. The summed E-state index contributed by atoms with van der Waals surface area (Å²) in [6.07, 6.45) is 4.95. The molecule has 0 bridgehead atoms. The van der Waals surface area contributed by atoms with E-state index in [1.165, 1.54) is 18.4 Å². The van der Waals surface area contributed by atoms with Gasteiger partial charge in [0.2, 0.25) is 5.91 Å². The molecule has 28 heavy (non-hydrogen) atoms. The maximum Gasteiger partial charge on any atom is 0.228 e. The van der Waals surface area contributed by atoms with Crippen molar-refractivity contribution in [3.05, 3.63) is 53.6 Å². The summed E-state index contributed by atoms with van der Waals surface area (Å²) >= 11 is 0. The average molecular weight is 380 g/mol. The third-order valence-electron chi connectivity index (χ3n) is 5.36. The van der Waals surface area contributed by atoms with Gasteiger partial charge in [-0.3, -0.25) is 9.69 Å². The van der Waals surface area contributed by atoms with E-state index in [1.54, 1.807) is 0 Å². The van der Waals surface area contributed by atoms with E-state index < -0.39 is 0 Å². The molecule has 1 amide bonds. The molecule has 0 atom stereocenters. The molecule has 1 fully saturated rings. The minimum absolute atomic E-state index is 0.0349. The molecule has 0 unspecified atom stereocenters. The first-order valence-electron chi connectivity index (χ1n) is 10.3. The number of para-hydroxylation sites is 2. The molecular weight excluding hydrogens is 352 g/mol. The predicted octanol–water partition coefficient (Wildman–Crippen LogP) is 3.67. The number of hydrogen-bond acceptors (Lipinski definition) is 4. The highest BCUT2D eigenvalue weighted by Gasteiger charge is 2.14. The number of nitrogens with one attached hydrogen (secondary N) is 1. The van der Waals surface area contributed by atoms with Crippen LogP contribution in [0.5, 0.6) is 11.5 Å². The quantitative estimate of drug-likeness (QED) is 0.796. The lowest BCUT2D eigenvalue weighted by molar-refractivity contribution is -0.115. The molecule has 0 aliphatic carbocycles. The highest BCUT2D eigenvalue weighted by Crippen LogP contribution is 2.27. The highest BCUT2D eigenvalue weighted by molar-refractivity contribution is 5.93. The van der Waals surface area contributed by atoms with Crippen LogP contribution in [0.2, 0.25) is 0 Å². The maximum absolute atomic E-state index is 12.6. The Labute approximate surface area is 166 Å². The van der Waals surface area contributed by atoms with Gasteiger partial charge in [-0.15, -0.1) is 0 Å². The summed E-state index contributed by atoms with van der Waals surface area (Å²) in [5.41, 5.74) is 2.94. The van der Waals surface area contributed by atoms with Gasteiger partial charge in [-0.25, -0.2) is 0 Å². The van der Waals surface area contributed by atoms with Crippen molar-refractivity contribution in [2.45, 2.75) is 32.1 Å². The monoisotopic (exact) mass is 380 g/mol. The summed E-state index contributed by atoms with van der Waals surface area (Å²) < 4.78 is 11.6. The van der Waals surface area contributed by atoms with Crippen molar-refractivity contribution >= 4 is 11.6 Å². The van der Waals surface area contributed by atoms with Crippen molar-refractivity contribution < 1.29 is 14.3 Å². The second-order valence-corrected chi connectivity index (χ2v) is 7.51. The lowest BCUT2D eigenvalue weighted by Gasteiger charge is -2.18. The standard InChI is InChI=1S/C23H28N2O3/c26-23(17-18-9-10-21-19(16-18)6-5-14-27-21)24-20-7-1-2-8-22(20)28-15-13-25-11-3-4-12-25/h1-2,7-10,16H,3-6,11-15,17H2,(H,24,26). The number of aryl methyl sites for hydroxylation is 1. The molecule has 0 spiro atoms. The second-order valence-electron chi connectivity index (χ2n) is 7.51. The molecule has 1 N–H and O–H groups in total. The average Bonchev–Trinajstić information content (AvgIpc) is 3.23. The van der Waals surface area contributed by atoms with E-state index in [2.05, 4.69) is 16.3 Å². The van der Waals surface area contributed by atoms with Gasteiger partial charge in [-0.05, 0) is 68.1 Å². The van der Waals surface area contributed by atoms with Crippen LogP contribution in [0.3, 0.4) is 0 Å². The van der Waals surface area contributed by atoms with Gasteiger partial charge < -0.3 is 14.8 Å². The summed E-state index contributed by atoms with van der Waals surface area (Å²) in [6, 6.07) is 13.7. The molecule has 2 aromatic carbocycles. The van der Waals surface area contributed by atoms with Gasteiger partial charge in [0.1, 0.15) is 18.1 Å². The Hall–Kier alpha value is -2.53. The Bertz CT molecular complexity index is 815. The van der Waals surface area contributed by atoms with Crippen LogP contribution in [0.1, 0.15) is 30.4 Å². The number of amides is 1. The molecule has 1 saturated heterocycles. The molecular formula is C23H28N2O3. The number of fused-ring (bicyclic) bond motifs is 1. The fourth-order valence-corrected chi connectivity index (χ4v) is 3.89. The number of likely N-dealkylation sites (tertiary alicyclic amines) is 1. The molecule has 0 saturated carbocycles.